The lowest BCUT2D eigenvalue weighted by atomic mass is 9.79. The Kier molecular flexibility index (Phi) is 7.68. The summed E-state index contributed by atoms with van der Waals surface area (Å²) in [4.78, 5) is 34.2. The molecule has 1 aliphatic heterocycles. The number of piperidine rings is 1. The fourth-order valence-electron chi connectivity index (χ4n) is 3.14. The molecule has 0 aromatic heterocycles. The van der Waals surface area contributed by atoms with Crippen molar-refractivity contribution in [3.05, 3.63) is 39.9 Å². The summed E-state index contributed by atoms with van der Waals surface area (Å²) >= 11 is 0. The number of nitro benzene ring substituents is 1. The monoisotopic (exact) mass is 378 g/mol. The summed E-state index contributed by atoms with van der Waals surface area (Å²) in [7, 11) is 1.67. The fraction of sp³-hybridized carbons (Fsp3) is 0.556. The second kappa shape index (κ2) is 9.98. The Bertz CT molecular complexity index is 651. The van der Waals surface area contributed by atoms with Gasteiger partial charge in [0, 0.05) is 49.7 Å². The van der Waals surface area contributed by atoms with E-state index in [1.54, 1.807) is 7.11 Å². The van der Waals surface area contributed by atoms with Gasteiger partial charge in [0.15, 0.2) is 0 Å². The molecule has 1 aliphatic rings. The molecule has 0 radical (unpaired) electrons. The number of ether oxygens (including phenoxy) is 1. The normalized spacial score (nSPS) is 15.7. The predicted molar refractivity (Wildman–Crippen MR) is 99.5 cm³/mol. The van der Waals surface area contributed by atoms with E-state index in [1.807, 2.05) is 0 Å². The molecule has 1 aromatic rings. The summed E-state index contributed by atoms with van der Waals surface area (Å²) in [6.45, 7) is 3.17. The number of benzene rings is 1. The number of amides is 2. The van der Waals surface area contributed by atoms with Gasteiger partial charge in [0.2, 0.25) is 5.91 Å². The summed E-state index contributed by atoms with van der Waals surface area (Å²) in [5, 5.41) is 19.5. The van der Waals surface area contributed by atoms with Crippen LogP contribution in [0.3, 0.4) is 0 Å². The van der Waals surface area contributed by atoms with Crippen LogP contribution in [0, 0.1) is 15.5 Å². The van der Waals surface area contributed by atoms with Crippen LogP contribution in [-0.4, -0.2) is 56.6 Å². The molecule has 9 nitrogen and oxygen atoms in total. The molecule has 0 bridgehead atoms. The lowest BCUT2D eigenvalue weighted by Gasteiger charge is -2.37. The quantitative estimate of drug-likeness (QED) is 0.432. The number of hydrogen-bond donors (Lipinski definition) is 3. The van der Waals surface area contributed by atoms with Crippen LogP contribution in [0.5, 0.6) is 0 Å². The van der Waals surface area contributed by atoms with Gasteiger partial charge in [-0.05, 0) is 38.1 Å². The molecule has 3 N–H and O–H groups in total. The van der Waals surface area contributed by atoms with Gasteiger partial charge < -0.3 is 20.7 Å². The minimum absolute atomic E-state index is 0.0440. The Hall–Kier alpha value is -2.52. The molecule has 1 saturated heterocycles. The predicted octanol–water partition coefficient (Wildman–Crippen LogP) is 0.847. The maximum absolute atomic E-state index is 12.1. The van der Waals surface area contributed by atoms with Crippen molar-refractivity contribution in [1.82, 2.24) is 16.0 Å². The van der Waals surface area contributed by atoms with Gasteiger partial charge in [-0.15, -0.1) is 0 Å². The van der Waals surface area contributed by atoms with Crippen LogP contribution in [0.1, 0.15) is 29.6 Å². The molecule has 1 heterocycles. The summed E-state index contributed by atoms with van der Waals surface area (Å²) < 4.78 is 5.32. The Morgan fingerprint density at radius 3 is 2.48 bits per heavy atom. The summed E-state index contributed by atoms with van der Waals surface area (Å²) in [6.07, 6.45) is 2.05. The zero-order chi connectivity index (χ0) is 19.7. The lowest BCUT2D eigenvalue weighted by molar-refractivity contribution is -0.384. The zero-order valence-electron chi connectivity index (χ0n) is 15.5. The molecule has 1 fully saturated rings. The maximum atomic E-state index is 12.1. The van der Waals surface area contributed by atoms with E-state index in [0.717, 1.165) is 25.9 Å². The van der Waals surface area contributed by atoms with Crippen LogP contribution >= 0.6 is 0 Å². The third kappa shape index (κ3) is 6.30. The Morgan fingerprint density at radius 1 is 1.22 bits per heavy atom. The van der Waals surface area contributed by atoms with Crippen LogP contribution in [0.4, 0.5) is 5.69 Å². The molecule has 2 amide bonds. The third-order valence-corrected chi connectivity index (χ3v) is 4.75. The van der Waals surface area contributed by atoms with E-state index in [4.69, 9.17) is 4.74 Å². The molecule has 0 atom stereocenters. The number of carbonyl (C=O) groups excluding carboxylic acids is 2. The Labute approximate surface area is 158 Å². The van der Waals surface area contributed by atoms with Gasteiger partial charge in [-0.3, -0.25) is 19.7 Å². The van der Waals surface area contributed by atoms with Crippen LogP contribution in [0.25, 0.3) is 0 Å². The van der Waals surface area contributed by atoms with Crippen LogP contribution < -0.4 is 16.0 Å². The number of nitrogens with one attached hydrogen (secondary N) is 3. The third-order valence-electron chi connectivity index (χ3n) is 4.75. The van der Waals surface area contributed by atoms with Crippen molar-refractivity contribution >= 4 is 17.5 Å². The minimum Gasteiger partial charge on any atom is -0.384 e. The molecule has 9 heteroatoms. The van der Waals surface area contributed by atoms with E-state index >= 15 is 0 Å². The number of carbonyl (C=O) groups is 2. The number of rotatable bonds is 9. The SMILES string of the molecule is COCC1(CNC(=O)CCNC(=O)c2ccc([N+](=O)[O-])cc2)CCNCC1. The number of nitrogens with zero attached hydrogens (tertiary/aromatic N) is 1. The lowest BCUT2D eigenvalue weighted by Crippen LogP contribution is -2.47. The largest absolute Gasteiger partial charge is 0.384 e. The second-order valence-electron chi connectivity index (χ2n) is 6.77. The molecule has 27 heavy (non-hydrogen) atoms. The molecule has 0 spiro atoms. The first-order chi connectivity index (χ1) is 13.0. The van der Waals surface area contributed by atoms with Crippen molar-refractivity contribution in [2.45, 2.75) is 19.3 Å². The number of hydrogen-bond acceptors (Lipinski definition) is 6. The van der Waals surface area contributed by atoms with E-state index in [-0.39, 0.29) is 35.9 Å². The Morgan fingerprint density at radius 2 is 1.89 bits per heavy atom. The molecule has 1 aromatic carbocycles. The molecule has 148 valence electrons. The molecule has 0 unspecified atom stereocenters. The smallest absolute Gasteiger partial charge is 0.269 e. The topological polar surface area (TPSA) is 123 Å². The number of nitro groups is 1. The molecule has 0 saturated carbocycles. The average molecular weight is 378 g/mol. The van der Waals surface area contributed by atoms with Gasteiger partial charge in [0.1, 0.15) is 0 Å². The highest BCUT2D eigenvalue weighted by Gasteiger charge is 2.32. The highest BCUT2D eigenvalue weighted by Crippen LogP contribution is 2.28. The van der Waals surface area contributed by atoms with E-state index < -0.39 is 4.92 Å². The van der Waals surface area contributed by atoms with Gasteiger partial charge in [-0.1, -0.05) is 0 Å². The molecular formula is C18H26N4O5. The number of non-ortho nitro benzene ring substituents is 1. The van der Waals surface area contributed by atoms with E-state index in [1.165, 1.54) is 24.3 Å². The van der Waals surface area contributed by atoms with Gasteiger partial charge in [0.05, 0.1) is 11.5 Å². The van der Waals surface area contributed by atoms with E-state index in [0.29, 0.717) is 18.7 Å². The highest BCUT2D eigenvalue weighted by molar-refractivity contribution is 5.94. The van der Waals surface area contributed by atoms with Crippen LogP contribution in [-0.2, 0) is 9.53 Å². The summed E-state index contributed by atoms with van der Waals surface area (Å²) in [6, 6.07) is 5.32. The zero-order valence-corrected chi connectivity index (χ0v) is 15.5. The van der Waals surface area contributed by atoms with Crippen molar-refractivity contribution < 1.29 is 19.2 Å². The standard InChI is InChI=1S/C18H26N4O5/c1-27-13-18(7-10-19-11-8-18)12-21-16(23)6-9-20-17(24)14-2-4-15(5-3-14)22(25)26/h2-5,19H,6-13H2,1H3,(H,20,24)(H,21,23). The van der Waals surface area contributed by atoms with Crippen molar-refractivity contribution in [1.29, 1.82) is 0 Å². The Balaban J connectivity index is 1.73. The highest BCUT2D eigenvalue weighted by atomic mass is 16.6. The van der Waals surface area contributed by atoms with E-state index in [2.05, 4.69) is 16.0 Å². The van der Waals surface area contributed by atoms with Crippen molar-refractivity contribution in [2.75, 3.05) is 39.9 Å². The first kappa shape index (κ1) is 20.8. The van der Waals surface area contributed by atoms with E-state index in [9.17, 15) is 19.7 Å². The first-order valence-corrected chi connectivity index (χ1v) is 8.95. The average Bonchev–Trinajstić information content (AvgIpc) is 2.67. The maximum Gasteiger partial charge on any atom is 0.269 e. The van der Waals surface area contributed by atoms with Gasteiger partial charge in [-0.25, -0.2) is 0 Å². The van der Waals surface area contributed by atoms with Crippen molar-refractivity contribution in [3.63, 3.8) is 0 Å². The fourth-order valence-corrected chi connectivity index (χ4v) is 3.14. The van der Waals surface area contributed by atoms with Crippen molar-refractivity contribution in [3.8, 4) is 0 Å². The molecule has 2 rings (SSSR count). The minimum atomic E-state index is -0.523. The van der Waals surface area contributed by atoms with Gasteiger partial charge in [-0.2, -0.15) is 0 Å². The summed E-state index contributed by atoms with van der Waals surface area (Å²) in [5.41, 5.74) is 0.195. The van der Waals surface area contributed by atoms with Gasteiger partial charge >= 0.3 is 0 Å². The van der Waals surface area contributed by atoms with Crippen molar-refractivity contribution in [2.24, 2.45) is 5.41 Å². The first-order valence-electron chi connectivity index (χ1n) is 8.95. The van der Waals surface area contributed by atoms with Crippen LogP contribution in [0.2, 0.25) is 0 Å². The summed E-state index contributed by atoms with van der Waals surface area (Å²) in [5.74, 6) is -0.500. The molecular weight excluding hydrogens is 352 g/mol. The second-order valence-corrected chi connectivity index (χ2v) is 6.77. The van der Waals surface area contributed by atoms with Gasteiger partial charge in [0.25, 0.3) is 11.6 Å². The van der Waals surface area contributed by atoms with Crippen LogP contribution in [0.15, 0.2) is 24.3 Å². The number of methoxy groups -OCH3 is 1. The molecule has 0 aliphatic carbocycles.